The number of ether oxygens (including phenoxy) is 1. The molecule has 1 N–H and O–H groups in total. The van der Waals surface area contributed by atoms with Gasteiger partial charge in [-0.15, -0.1) is 0 Å². The Hall–Kier alpha value is -1.44. The highest BCUT2D eigenvalue weighted by Gasteiger charge is 2.58. The average molecular weight is 551 g/mol. The van der Waals surface area contributed by atoms with Crippen molar-refractivity contribution in [1.82, 2.24) is 5.32 Å². The first kappa shape index (κ1) is 27.1. The Balaban J connectivity index is 2.02. The van der Waals surface area contributed by atoms with Crippen molar-refractivity contribution < 1.29 is 18.8 Å². The summed E-state index contributed by atoms with van der Waals surface area (Å²) in [6, 6.07) is 7.75. The number of halogens is 1. The number of carbonyl (C=O) groups excluding carboxylic acids is 2. The van der Waals surface area contributed by atoms with E-state index >= 15 is 0 Å². The molecule has 0 aromatic heterocycles. The third kappa shape index (κ3) is 5.52. The van der Waals surface area contributed by atoms with Gasteiger partial charge in [0.25, 0.3) is 0 Å². The van der Waals surface area contributed by atoms with E-state index in [2.05, 4.69) is 55.1 Å². The lowest BCUT2D eigenvalue weighted by atomic mass is 9.74. The van der Waals surface area contributed by atoms with Crippen LogP contribution in [0.1, 0.15) is 78.4 Å². The molecule has 0 bridgehead atoms. The van der Waals surface area contributed by atoms with Crippen LogP contribution in [-0.4, -0.2) is 31.8 Å². The van der Waals surface area contributed by atoms with E-state index in [-0.39, 0.29) is 16.9 Å². The third-order valence-corrected chi connectivity index (χ3v) is 13.0. The molecule has 3 atom stereocenters. The molecule has 7 heteroatoms. The summed E-state index contributed by atoms with van der Waals surface area (Å²) in [6.07, 6.45) is 6.01. The van der Waals surface area contributed by atoms with Gasteiger partial charge in [-0.25, -0.2) is 4.79 Å². The summed E-state index contributed by atoms with van der Waals surface area (Å²) in [6.45, 7) is 14.8. The second-order valence-electron chi connectivity index (χ2n) is 11.4. The highest BCUT2D eigenvalue weighted by Crippen LogP contribution is 2.45. The minimum Gasteiger partial charge on any atom is -0.456 e. The van der Waals surface area contributed by atoms with Crippen molar-refractivity contribution in [2.75, 3.05) is 0 Å². The van der Waals surface area contributed by atoms with E-state index in [0.717, 1.165) is 35.7 Å². The van der Waals surface area contributed by atoms with Crippen LogP contribution in [-0.2, 0) is 18.8 Å². The number of hydrogen-bond donors (Lipinski definition) is 1. The molecule has 0 saturated heterocycles. The smallest absolute Gasteiger partial charge is 0.339 e. The average Bonchev–Trinajstić information content (AvgIpc) is 3.06. The Kier molecular flexibility index (Phi) is 8.20. The maximum Gasteiger partial charge on any atom is 0.339 e. The number of amides is 1. The zero-order valence-electron chi connectivity index (χ0n) is 21.7. The molecule has 1 amide bonds. The van der Waals surface area contributed by atoms with Gasteiger partial charge >= 0.3 is 5.97 Å². The van der Waals surface area contributed by atoms with Crippen LogP contribution in [0.2, 0.25) is 18.1 Å². The molecule has 5 nitrogen and oxygen atoms in total. The summed E-state index contributed by atoms with van der Waals surface area (Å²) in [7, 11) is -2.27. The van der Waals surface area contributed by atoms with Crippen molar-refractivity contribution in [3.63, 3.8) is 0 Å². The molecule has 1 aliphatic heterocycles. The molecular weight excluding hydrogens is 510 g/mol. The molecule has 1 aromatic rings. The van der Waals surface area contributed by atoms with Crippen LogP contribution in [0.15, 0.2) is 40.4 Å². The van der Waals surface area contributed by atoms with Crippen LogP contribution in [0, 0.1) is 5.92 Å². The molecule has 1 fully saturated rings. The maximum absolute atomic E-state index is 14.0. The Bertz CT molecular complexity index is 931. The first-order chi connectivity index (χ1) is 15.8. The van der Waals surface area contributed by atoms with Gasteiger partial charge in [0.1, 0.15) is 6.10 Å². The van der Waals surface area contributed by atoms with E-state index < -0.39 is 32.0 Å². The van der Waals surface area contributed by atoms with E-state index in [0.29, 0.717) is 5.57 Å². The van der Waals surface area contributed by atoms with Crippen molar-refractivity contribution in [1.29, 1.82) is 0 Å². The van der Waals surface area contributed by atoms with E-state index in [9.17, 15) is 9.59 Å². The van der Waals surface area contributed by atoms with Crippen molar-refractivity contribution in [3.8, 4) is 0 Å². The lowest BCUT2D eigenvalue weighted by Crippen LogP contribution is -2.66. The minimum atomic E-state index is -2.27. The third-order valence-electron chi connectivity index (χ3n) is 7.97. The number of nitrogens with one attached hydrogen (secondary N) is 1. The molecular formula is C27H40BrNO4Si. The summed E-state index contributed by atoms with van der Waals surface area (Å²) in [4.78, 5) is 26.7. The van der Waals surface area contributed by atoms with Crippen LogP contribution in [0.5, 0.6) is 0 Å². The second-order valence-corrected chi connectivity index (χ2v) is 17.1. The van der Waals surface area contributed by atoms with E-state index in [1.54, 1.807) is 0 Å². The summed E-state index contributed by atoms with van der Waals surface area (Å²) in [5.74, 6) is -0.512. The van der Waals surface area contributed by atoms with Crippen molar-refractivity contribution in [2.24, 2.45) is 5.92 Å². The quantitative estimate of drug-likeness (QED) is 0.298. The number of hydrogen-bond acceptors (Lipinski definition) is 4. The fourth-order valence-electron chi connectivity index (χ4n) is 4.79. The number of esters is 1. The summed E-state index contributed by atoms with van der Waals surface area (Å²) in [5.41, 5.74) is 0.273. The predicted octanol–water partition coefficient (Wildman–Crippen LogP) is 6.84. The van der Waals surface area contributed by atoms with E-state index in [1.807, 2.05) is 38.1 Å². The highest BCUT2D eigenvalue weighted by atomic mass is 79.9. The molecule has 0 spiro atoms. The van der Waals surface area contributed by atoms with Crippen LogP contribution < -0.4 is 5.32 Å². The van der Waals surface area contributed by atoms with Crippen LogP contribution in [0.3, 0.4) is 0 Å². The molecule has 34 heavy (non-hydrogen) atoms. The van der Waals surface area contributed by atoms with Gasteiger partial charge in [-0.05, 0) is 74.0 Å². The van der Waals surface area contributed by atoms with Crippen LogP contribution in [0.25, 0.3) is 0 Å². The van der Waals surface area contributed by atoms with Crippen molar-refractivity contribution in [2.45, 2.75) is 103 Å². The molecule has 1 aromatic carbocycles. The highest BCUT2D eigenvalue weighted by molar-refractivity contribution is 9.10. The second kappa shape index (κ2) is 10.3. The van der Waals surface area contributed by atoms with E-state index in [1.165, 1.54) is 12.5 Å². The molecule has 0 radical (unpaired) electrons. The molecule has 2 aliphatic rings. The van der Waals surface area contributed by atoms with Crippen molar-refractivity contribution >= 4 is 36.1 Å². The van der Waals surface area contributed by atoms with Crippen molar-refractivity contribution in [3.05, 3.63) is 46.0 Å². The molecule has 188 valence electrons. The summed E-state index contributed by atoms with van der Waals surface area (Å²) < 4.78 is 14.1. The molecule has 3 rings (SSSR count). The normalized spacial score (nSPS) is 23.8. The minimum absolute atomic E-state index is 0.0318. The molecule has 1 aliphatic carbocycles. The number of rotatable bonds is 7. The molecule has 1 saturated carbocycles. The number of carbonyl (C=O) groups is 2. The Labute approximate surface area is 214 Å². The van der Waals surface area contributed by atoms with Gasteiger partial charge in [0.2, 0.25) is 5.91 Å². The zero-order valence-corrected chi connectivity index (χ0v) is 24.3. The lowest BCUT2D eigenvalue weighted by molar-refractivity contribution is -0.162. The number of benzene rings is 1. The van der Waals surface area contributed by atoms with Crippen LogP contribution >= 0.6 is 15.9 Å². The maximum atomic E-state index is 14.0. The van der Waals surface area contributed by atoms with Gasteiger partial charge in [-0.2, -0.15) is 0 Å². The van der Waals surface area contributed by atoms with Gasteiger partial charge in [0.05, 0.1) is 6.10 Å². The summed E-state index contributed by atoms with van der Waals surface area (Å²) in [5, 5.41) is 3.01. The first-order valence-corrected chi connectivity index (χ1v) is 16.1. The summed E-state index contributed by atoms with van der Waals surface area (Å²) >= 11 is 3.45. The van der Waals surface area contributed by atoms with Gasteiger partial charge < -0.3 is 14.5 Å². The Morgan fingerprint density at radius 3 is 2.24 bits per heavy atom. The fraction of sp³-hybridized carbons (Fsp3) is 0.630. The molecule has 0 unspecified atom stereocenters. The largest absolute Gasteiger partial charge is 0.456 e. The van der Waals surface area contributed by atoms with Gasteiger partial charge in [0, 0.05) is 10.5 Å². The first-order valence-electron chi connectivity index (χ1n) is 12.4. The standard InChI is InChI=1S/C27H40BrNO4Si/c1-18-17-23(30)29-27(18,25(31)32-19(2)20-13-15-22(28)16-14-20)24(21-11-9-8-10-12-21)33-34(6,7)26(3,4)5/h13-17,19,21,24H,8-12H2,1-7H3,(H,29,30)/t19-,24+,27+/m1/s1. The Morgan fingerprint density at radius 1 is 1.15 bits per heavy atom. The van der Waals surface area contributed by atoms with Crippen LogP contribution in [0.4, 0.5) is 0 Å². The fourth-order valence-corrected chi connectivity index (χ4v) is 6.41. The van der Waals surface area contributed by atoms with Gasteiger partial charge in [0.15, 0.2) is 13.9 Å². The SMILES string of the molecule is CC1=CC(=O)N[C@]1(C(=O)O[C@H](C)c1ccc(Br)cc1)[C@@H](O[Si](C)(C)C(C)(C)C)C1CCCCC1. The zero-order chi connectivity index (χ0) is 25.3. The Morgan fingerprint density at radius 2 is 1.74 bits per heavy atom. The van der Waals surface area contributed by atoms with Gasteiger partial charge in [-0.3, -0.25) is 4.79 Å². The lowest BCUT2D eigenvalue weighted by Gasteiger charge is -2.48. The van der Waals surface area contributed by atoms with Gasteiger partial charge in [-0.1, -0.05) is 68.1 Å². The molecule has 1 heterocycles. The monoisotopic (exact) mass is 549 g/mol. The predicted molar refractivity (Wildman–Crippen MR) is 142 cm³/mol. The topological polar surface area (TPSA) is 64.6 Å². The van der Waals surface area contributed by atoms with E-state index in [4.69, 9.17) is 9.16 Å².